The molecule has 1 fully saturated rings. The first-order valence-corrected chi connectivity index (χ1v) is 9.20. The Labute approximate surface area is 145 Å². The third-order valence-corrected chi connectivity index (χ3v) is 4.79. The average Bonchev–Trinajstić information content (AvgIpc) is 2.99. The Balaban J connectivity index is 1.82. The summed E-state index contributed by atoms with van der Waals surface area (Å²) >= 11 is 0. The molecule has 5 nitrogen and oxygen atoms in total. The third kappa shape index (κ3) is 3.51. The fourth-order valence-electron chi connectivity index (χ4n) is 3.73. The number of hydrogen-bond donors (Lipinski definition) is 1. The molecule has 24 heavy (non-hydrogen) atoms. The summed E-state index contributed by atoms with van der Waals surface area (Å²) in [6, 6.07) is 6.37. The first-order chi connectivity index (χ1) is 11.8. The molecule has 0 aliphatic carbocycles. The molecule has 2 unspecified atom stereocenters. The molecule has 2 aliphatic heterocycles. The number of hydrazone groups is 1. The van der Waals surface area contributed by atoms with Gasteiger partial charge >= 0.3 is 0 Å². The van der Waals surface area contributed by atoms with Crippen molar-refractivity contribution in [3.8, 4) is 11.5 Å². The SMILES string of the molecule is CCCN1CCC2=NNC(c3ccc(OCC)cc3OCC)C2C1. The maximum Gasteiger partial charge on any atom is 0.128 e. The van der Waals surface area contributed by atoms with Gasteiger partial charge < -0.3 is 19.8 Å². The molecular weight excluding hydrogens is 302 g/mol. The van der Waals surface area contributed by atoms with Gasteiger partial charge in [0.2, 0.25) is 0 Å². The number of nitrogens with one attached hydrogen (secondary N) is 1. The highest BCUT2D eigenvalue weighted by atomic mass is 16.5. The second kappa shape index (κ2) is 7.88. The molecule has 0 bridgehead atoms. The van der Waals surface area contributed by atoms with E-state index in [9.17, 15) is 0 Å². The van der Waals surface area contributed by atoms with E-state index in [1.807, 2.05) is 26.0 Å². The average molecular weight is 331 g/mol. The fourth-order valence-corrected chi connectivity index (χ4v) is 3.73. The zero-order valence-corrected chi connectivity index (χ0v) is 15.0. The lowest BCUT2D eigenvalue weighted by Gasteiger charge is -2.33. The number of likely N-dealkylation sites (tertiary alicyclic amines) is 1. The van der Waals surface area contributed by atoms with E-state index in [1.54, 1.807) is 0 Å². The van der Waals surface area contributed by atoms with Gasteiger partial charge in [-0.1, -0.05) is 6.92 Å². The first kappa shape index (κ1) is 17.1. The Morgan fingerprint density at radius 2 is 2.04 bits per heavy atom. The van der Waals surface area contributed by atoms with Gasteiger partial charge in [0.1, 0.15) is 11.5 Å². The molecule has 5 heteroatoms. The van der Waals surface area contributed by atoms with Crippen LogP contribution in [0.25, 0.3) is 0 Å². The van der Waals surface area contributed by atoms with Gasteiger partial charge in [-0.2, -0.15) is 5.10 Å². The lowest BCUT2D eigenvalue weighted by atomic mass is 9.86. The molecule has 132 valence electrons. The van der Waals surface area contributed by atoms with Crippen molar-refractivity contribution >= 4 is 5.71 Å². The second-order valence-corrected chi connectivity index (χ2v) is 6.43. The van der Waals surface area contributed by atoms with Crippen LogP contribution in [0.5, 0.6) is 11.5 Å². The van der Waals surface area contributed by atoms with E-state index in [0.717, 1.165) is 37.6 Å². The lowest BCUT2D eigenvalue weighted by molar-refractivity contribution is 0.226. The number of ether oxygens (including phenoxy) is 2. The predicted molar refractivity (Wildman–Crippen MR) is 96.9 cm³/mol. The number of nitrogens with zero attached hydrogens (tertiary/aromatic N) is 2. The third-order valence-electron chi connectivity index (χ3n) is 4.79. The highest BCUT2D eigenvalue weighted by Gasteiger charge is 2.38. The van der Waals surface area contributed by atoms with E-state index < -0.39 is 0 Å². The molecule has 2 atom stereocenters. The summed E-state index contributed by atoms with van der Waals surface area (Å²) < 4.78 is 11.5. The molecule has 0 amide bonds. The predicted octanol–water partition coefficient (Wildman–Crippen LogP) is 3.22. The van der Waals surface area contributed by atoms with Crippen molar-refractivity contribution < 1.29 is 9.47 Å². The summed E-state index contributed by atoms with van der Waals surface area (Å²) in [5.41, 5.74) is 5.86. The largest absolute Gasteiger partial charge is 0.494 e. The summed E-state index contributed by atoms with van der Waals surface area (Å²) in [6.07, 6.45) is 2.26. The highest BCUT2D eigenvalue weighted by molar-refractivity contribution is 5.90. The maximum atomic E-state index is 5.91. The molecule has 1 N–H and O–H groups in total. The molecule has 0 saturated carbocycles. The number of rotatable bonds is 7. The molecule has 1 aromatic carbocycles. The van der Waals surface area contributed by atoms with Crippen molar-refractivity contribution in [2.24, 2.45) is 11.0 Å². The summed E-state index contributed by atoms with van der Waals surface area (Å²) in [4.78, 5) is 2.55. The van der Waals surface area contributed by atoms with Crippen molar-refractivity contribution in [1.82, 2.24) is 10.3 Å². The van der Waals surface area contributed by atoms with Gasteiger partial charge in [0.25, 0.3) is 0 Å². The highest BCUT2D eigenvalue weighted by Crippen LogP contribution is 2.38. The number of fused-ring (bicyclic) bond motifs is 1. The normalized spacial score (nSPS) is 23.4. The van der Waals surface area contributed by atoms with Crippen LogP contribution in [-0.2, 0) is 0 Å². The van der Waals surface area contributed by atoms with Crippen molar-refractivity contribution in [1.29, 1.82) is 0 Å². The molecule has 2 aliphatic rings. The van der Waals surface area contributed by atoms with Crippen LogP contribution in [0.3, 0.4) is 0 Å². The molecule has 0 aromatic heterocycles. The lowest BCUT2D eigenvalue weighted by Crippen LogP contribution is -2.42. The van der Waals surface area contributed by atoms with Crippen molar-refractivity contribution in [3.05, 3.63) is 23.8 Å². The Morgan fingerprint density at radius 1 is 1.21 bits per heavy atom. The van der Waals surface area contributed by atoms with Crippen LogP contribution in [0.1, 0.15) is 45.2 Å². The number of hydrogen-bond acceptors (Lipinski definition) is 5. The molecule has 1 saturated heterocycles. The van der Waals surface area contributed by atoms with Gasteiger partial charge in [0, 0.05) is 42.8 Å². The van der Waals surface area contributed by atoms with E-state index in [2.05, 4.69) is 28.4 Å². The van der Waals surface area contributed by atoms with E-state index in [0.29, 0.717) is 19.1 Å². The second-order valence-electron chi connectivity index (χ2n) is 6.43. The quantitative estimate of drug-likeness (QED) is 0.833. The summed E-state index contributed by atoms with van der Waals surface area (Å²) in [6.45, 7) is 10.9. The smallest absolute Gasteiger partial charge is 0.128 e. The van der Waals surface area contributed by atoms with Gasteiger partial charge in [-0.3, -0.25) is 0 Å². The Bertz CT molecular complexity index is 588. The van der Waals surface area contributed by atoms with Crippen LogP contribution in [0, 0.1) is 5.92 Å². The topological polar surface area (TPSA) is 46.1 Å². The standard InChI is InChI=1S/C19H29N3O2/c1-4-10-22-11-9-17-16(13-22)19(21-20-17)15-8-7-14(23-5-2)12-18(15)24-6-3/h7-8,12,16,19,21H,4-6,9-11,13H2,1-3H3. The van der Waals surface area contributed by atoms with E-state index in [-0.39, 0.29) is 6.04 Å². The van der Waals surface area contributed by atoms with E-state index in [4.69, 9.17) is 9.47 Å². The van der Waals surface area contributed by atoms with Crippen molar-refractivity contribution in [2.75, 3.05) is 32.8 Å². The van der Waals surface area contributed by atoms with Crippen LogP contribution in [0.15, 0.2) is 23.3 Å². The van der Waals surface area contributed by atoms with E-state index >= 15 is 0 Å². The van der Waals surface area contributed by atoms with Crippen LogP contribution in [0.4, 0.5) is 0 Å². The number of piperidine rings is 1. The van der Waals surface area contributed by atoms with Gasteiger partial charge in [0.15, 0.2) is 0 Å². The van der Waals surface area contributed by atoms with Gasteiger partial charge in [-0.05, 0) is 38.9 Å². The fraction of sp³-hybridized carbons (Fsp3) is 0.632. The molecular formula is C19H29N3O2. The monoisotopic (exact) mass is 331 g/mol. The minimum absolute atomic E-state index is 0.192. The summed E-state index contributed by atoms with van der Waals surface area (Å²) in [7, 11) is 0. The van der Waals surface area contributed by atoms with Gasteiger partial charge in [-0.25, -0.2) is 0 Å². The van der Waals surface area contributed by atoms with Crippen LogP contribution >= 0.6 is 0 Å². The van der Waals surface area contributed by atoms with Crippen LogP contribution in [0.2, 0.25) is 0 Å². The zero-order chi connectivity index (χ0) is 16.9. The minimum Gasteiger partial charge on any atom is -0.494 e. The van der Waals surface area contributed by atoms with E-state index in [1.165, 1.54) is 17.7 Å². The first-order valence-electron chi connectivity index (χ1n) is 9.20. The number of benzene rings is 1. The molecule has 2 heterocycles. The summed E-state index contributed by atoms with van der Waals surface area (Å²) in [5.74, 6) is 2.20. The van der Waals surface area contributed by atoms with Crippen LogP contribution < -0.4 is 14.9 Å². The van der Waals surface area contributed by atoms with Crippen molar-refractivity contribution in [3.63, 3.8) is 0 Å². The zero-order valence-electron chi connectivity index (χ0n) is 15.0. The van der Waals surface area contributed by atoms with Gasteiger partial charge in [-0.15, -0.1) is 0 Å². The Morgan fingerprint density at radius 3 is 2.79 bits per heavy atom. The molecule has 0 radical (unpaired) electrons. The minimum atomic E-state index is 0.192. The maximum absolute atomic E-state index is 5.91. The molecule has 3 rings (SSSR count). The van der Waals surface area contributed by atoms with Crippen molar-refractivity contribution in [2.45, 2.75) is 39.7 Å². The Kier molecular flexibility index (Phi) is 5.61. The summed E-state index contributed by atoms with van der Waals surface area (Å²) in [5, 5.41) is 4.62. The van der Waals surface area contributed by atoms with Gasteiger partial charge in [0.05, 0.1) is 19.3 Å². The molecule has 0 spiro atoms. The van der Waals surface area contributed by atoms with Crippen LogP contribution in [-0.4, -0.2) is 43.5 Å². The molecule has 1 aromatic rings. The Hall–Kier alpha value is -1.75.